The van der Waals surface area contributed by atoms with Gasteiger partial charge in [-0.15, -0.1) is 0 Å². The zero-order valence-electron chi connectivity index (χ0n) is 46.5. The molecular weight excluding hydrogens is 865 g/mol. The van der Waals surface area contributed by atoms with Crippen molar-refractivity contribution in [2.45, 2.75) is 316 Å². The molecule has 0 spiro atoms. The lowest BCUT2D eigenvalue weighted by Crippen LogP contribution is -2.30. The van der Waals surface area contributed by atoms with E-state index in [1.165, 1.54) is 186 Å². The summed E-state index contributed by atoms with van der Waals surface area (Å²) < 4.78 is 16.9. The standard InChI is InChI=1S/C64H114O6/c1-4-7-10-13-16-19-22-24-26-28-29-30-31-32-33-34-35-37-38-40-42-45-48-51-54-57-63(66)69-60-61(59-68-62(65)56-53-50-47-44-21-18-15-12-9-6-3)70-64(67)58-55-52-49-46-43-41-39-36-27-25-23-20-17-14-11-8-5-2/h17,20,22,24-25,27-29,31-32,61H,4-16,18-19,21,23,26,30,33-60H2,1-3H3/b20-17-,24-22-,27-25-,29-28-,32-31-. The SMILES string of the molecule is CCCCC/C=C\C/C=C\CCCCCCCCCC(=O)OC(COC(=O)CCCCCCCCCCCC)COC(=O)CCCCCCCCCCCC/C=C\C/C=C\C/C=C\CCCCCCC. The molecule has 0 amide bonds. The van der Waals surface area contributed by atoms with Gasteiger partial charge >= 0.3 is 17.9 Å². The number of unbranched alkanes of at least 4 members (excludes halogenated alkanes) is 34. The van der Waals surface area contributed by atoms with Gasteiger partial charge in [-0.1, -0.05) is 261 Å². The van der Waals surface area contributed by atoms with Crippen LogP contribution >= 0.6 is 0 Å². The minimum Gasteiger partial charge on any atom is -0.462 e. The van der Waals surface area contributed by atoms with Crippen molar-refractivity contribution in [1.82, 2.24) is 0 Å². The molecule has 0 radical (unpaired) electrons. The molecule has 0 rings (SSSR count). The van der Waals surface area contributed by atoms with Crippen LogP contribution in [0, 0.1) is 0 Å². The van der Waals surface area contributed by atoms with Crippen molar-refractivity contribution in [2.75, 3.05) is 13.2 Å². The maximum Gasteiger partial charge on any atom is 0.306 e. The molecule has 0 aliphatic carbocycles. The van der Waals surface area contributed by atoms with Crippen molar-refractivity contribution in [1.29, 1.82) is 0 Å². The van der Waals surface area contributed by atoms with Crippen LogP contribution in [0.5, 0.6) is 0 Å². The Morgan fingerprint density at radius 3 is 0.829 bits per heavy atom. The first-order valence-electron chi connectivity index (χ1n) is 30.3. The second-order valence-corrected chi connectivity index (χ2v) is 20.3. The van der Waals surface area contributed by atoms with Gasteiger partial charge in [0.1, 0.15) is 13.2 Å². The molecule has 6 nitrogen and oxygen atoms in total. The minimum atomic E-state index is -0.778. The summed E-state index contributed by atoms with van der Waals surface area (Å²) in [5.41, 5.74) is 0. The number of carbonyl (C=O) groups excluding carboxylic acids is 3. The van der Waals surface area contributed by atoms with Crippen molar-refractivity contribution in [3.8, 4) is 0 Å². The molecule has 0 fully saturated rings. The number of ether oxygens (including phenoxy) is 3. The molecule has 0 bridgehead atoms. The third-order valence-electron chi connectivity index (χ3n) is 13.2. The van der Waals surface area contributed by atoms with Gasteiger partial charge in [-0.05, 0) is 89.9 Å². The number of hydrogen-bond donors (Lipinski definition) is 0. The van der Waals surface area contributed by atoms with Gasteiger partial charge < -0.3 is 14.2 Å². The van der Waals surface area contributed by atoms with Crippen molar-refractivity contribution in [2.24, 2.45) is 0 Å². The predicted octanol–water partition coefficient (Wildman–Crippen LogP) is 20.4. The monoisotopic (exact) mass is 979 g/mol. The largest absolute Gasteiger partial charge is 0.462 e. The van der Waals surface area contributed by atoms with Crippen LogP contribution in [0.3, 0.4) is 0 Å². The molecule has 0 N–H and O–H groups in total. The van der Waals surface area contributed by atoms with Gasteiger partial charge in [0.2, 0.25) is 0 Å². The van der Waals surface area contributed by atoms with Gasteiger partial charge in [-0.3, -0.25) is 14.4 Å². The molecule has 0 aliphatic rings. The summed E-state index contributed by atoms with van der Waals surface area (Å²) in [5.74, 6) is -0.877. The first-order valence-corrected chi connectivity index (χ1v) is 30.3. The van der Waals surface area contributed by atoms with E-state index in [0.29, 0.717) is 19.3 Å². The van der Waals surface area contributed by atoms with Crippen LogP contribution in [0.4, 0.5) is 0 Å². The summed E-state index contributed by atoms with van der Waals surface area (Å²) in [6.45, 7) is 6.61. The first kappa shape index (κ1) is 67.1. The highest BCUT2D eigenvalue weighted by atomic mass is 16.6. The molecule has 0 heterocycles. The van der Waals surface area contributed by atoms with E-state index in [0.717, 1.165) is 83.5 Å². The van der Waals surface area contributed by atoms with Gasteiger partial charge in [-0.25, -0.2) is 0 Å². The summed E-state index contributed by atoms with van der Waals surface area (Å²) in [5, 5.41) is 0. The molecule has 0 aromatic rings. The molecule has 406 valence electrons. The Morgan fingerprint density at radius 2 is 0.514 bits per heavy atom. The van der Waals surface area contributed by atoms with Gasteiger partial charge in [0, 0.05) is 19.3 Å². The number of hydrogen-bond acceptors (Lipinski definition) is 6. The zero-order valence-corrected chi connectivity index (χ0v) is 46.5. The van der Waals surface area contributed by atoms with E-state index in [-0.39, 0.29) is 31.1 Å². The minimum absolute atomic E-state index is 0.0762. The van der Waals surface area contributed by atoms with Crippen LogP contribution < -0.4 is 0 Å². The van der Waals surface area contributed by atoms with E-state index >= 15 is 0 Å². The summed E-state index contributed by atoms with van der Waals surface area (Å²) in [6.07, 6.45) is 73.6. The van der Waals surface area contributed by atoms with Gasteiger partial charge in [-0.2, -0.15) is 0 Å². The second-order valence-electron chi connectivity index (χ2n) is 20.3. The molecule has 6 heteroatoms. The first-order chi connectivity index (χ1) is 34.5. The van der Waals surface area contributed by atoms with Crippen molar-refractivity contribution in [3.05, 3.63) is 60.8 Å². The number of rotatable bonds is 55. The van der Waals surface area contributed by atoms with Crippen molar-refractivity contribution >= 4 is 17.9 Å². The molecule has 70 heavy (non-hydrogen) atoms. The third kappa shape index (κ3) is 56.0. The predicted molar refractivity (Wildman–Crippen MR) is 302 cm³/mol. The Morgan fingerprint density at radius 1 is 0.286 bits per heavy atom. The number of esters is 3. The highest BCUT2D eigenvalue weighted by Crippen LogP contribution is 2.16. The van der Waals surface area contributed by atoms with Gasteiger partial charge in [0.05, 0.1) is 0 Å². The normalized spacial score (nSPS) is 12.4. The van der Waals surface area contributed by atoms with E-state index in [9.17, 15) is 14.4 Å². The fourth-order valence-corrected chi connectivity index (χ4v) is 8.66. The lowest BCUT2D eigenvalue weighted by molar-refractivity contribution is -0.167. The van der Waals surface area contributed by atoms with Crippen LogP contribution in [0.1, 0.15) is 310 Å². The summed E-state index contributed by atoms with van der Waals surface area (Å²) in [7, 11) is 0. The fraction of sp³-hybridized carbons (Fsp3) is 0.797. The summed E-state index contributed by atoms with van der Waals surface area (Å²) in [4.78, 5) is 38.1. The average Bonchev–Trinajstić information content (AvgIpc) is 3.36. The van der Waals surface area contributed by atoms with Crippen molar-refractivity contribution < 1.29 is 28.6 Å². The maximum atomic E-state index is 12.8. The Balaban J connectivity index is 4.25. The van der Waals surface area contributed by atoms with Crippen LogP contribution in [0.15, 0.2) is 60.8 Å². The van der Waals surface area contributed by atoms with E-state index in [1.54, 1.807) is 0 Å². The Kier molecular flexibility index (Phi) is 56.3. The molecule has 1 atom stereocenters. The summed E-state index contributed by atoms with van der Waals surface area (Å²) in [6, 6.07) is 0. The van der Waals surface area contributed by atoms with E-state index < -0.39 is 6.10 Å². The zero-order chi connectivity index (χ0) is 50.7. The lowest BCUT2D eigenvalue weighted by Gasteiger charge is -2.18. The second kappa shape index (κ2) is 58.7. The Hall–Kier alpha value is -2.89. The van der Waals surface area contributed by atoms with Crippen LogP contribution in [0.2, 0.25) is 0 Å². The highest BCUT2D eigenvalue weighted by Gasteiger charge is 2.19. The number of allylic oxidation sites excluding steroid dienone is 10. The number of carbonyl (C=O) groups is 3. The molecule has 0 saturated heterocycles. The molecular formula is C64H114O6. The average molecular weight is 980 g/mol. The molecule has 0 aromatic heterocycles. The molecule has 0 aromatic carbocycles. The highest BCUT2D eigenvalue weighted by molar-refractivity contribution is 5.71. The van der Waals surface area contributed by atoms with E-state index in [4.69, 9.17) is 14.2 Å². The van der Waals surface area contributed by atoms with Gasteiger partial charge in [0.25, 0.3) is 0 Å². The van der Waals surface area contributed by atoms with Gasteiger partial charge in [0.15, 0.2) is 6.10 Å². The molecule has 0 saturated carbocycles. The molecule has 1 unspecified atom stereocenters. The van der Waals surface area contributed by atoms with Crippen LogP contribution in [-0.4, -0.2) is 37.2 Å². The van der Waals surface area contributed by atoms with Crippen LogP contribution in [-0.2, 0) is 28.6 Å². The Bertz CT molecular complexity index is 1260. The fourth-order valence-electron chi connectivity index (χ4n) is 8.66. The quantitative estimate of drug-likeness (QED) is 0.0261. The Labute approximate surface area is 434 Å². The lowest BCUT2D eigenvalue weighted by atomic mass is 10.1. The van der Waals surface area contributed by atoms with Crippen molar-refractivity contribution in [3.63, 3.8) is 0 Å². The molecule has 0 aliphatic heterocycles. The van der Waals surface area contributed by atoms with Crippen LogP contribution in [0.25, 0.3) is 0 Å². The van der Waals surface area contributed by atoms with E-state index in [1.807, 2.05) is 0 Å². The smallest absolute Gasteiger partial charge is 0.306 e. The third-order valence-corrected chi connectivity index (χ3v) is 13.2. The topological polar surface area (TPSA) is 78.9 Å². The summed E-state index contributed by atoms with van der Waals surface area (Å²) >= 11 is 0. The maximum absolute atomic E-state index is 12.8. The van der Waals surface area contributed by atoms with E-state index in [2.05, 4.69) is 81.5 Å².